The SMILES string of the molecule is O=C(O)c1cccnc1C(=O)c1ccc(C(F)(F)F)cc1.O=C(O)c1cccnc1C(=O)c1cccc(C(F)(F)F)c1. The van der Waals surface area contributed by atoms with Crippen LogP contribution in [-0.4, -0.2) is 43.7 Å². The molecule has 2 aromatic carbocycles. The minimum absolute atomic E-state index is 0.0656. The Kier molecular flexibility index (Phi) is 9.20. The molecule has 4 rings (SSSR count). The lowest BCUT2D eigenvalue weighted by molar-refractivity contribution is -0.138. The van der Waals surface area contributed by atoms with Crippen LogP contribution >= 0.6 is 0 Å². The summed E-state index contributed by atoms with van der Waals surface area (Å²) in [6.07, 6.45) is -6.65. The molecule has 0 spiro atoms. The number of hydrogen-bond donors (Lipinski definition) is 2. The van der Waals surface area contributed by atoms with Crippen molar-refractivity contribution in [3.05, 3.63) is 130 Å². The summed E-state index contributed by atoms with van der Waals surface area (Å²) < 4.78 is 75.2. The van der Waals surface area contributed by atoms with Gasteiger partial charge < -0.3 is 10.2 Å². The standard InChI is InChI=1S/2C14H8F3NO3/c15-14(16,17)9-4-1-3-8(7-9)12(19)11-10(13(20)21)5-2-6-18-11;15-14(16,17)9-5-3-8(4-6-9)12(19)11-10(13(20)21)2-1-7-18-11/h2*1-7H,(H,20,21). The van der Waals surface area contributed by atoms with Crippen molar-refractivity contribution >= 4 is 23.5 Å². The van der Waals surface area contributed by atoms with Gasteiger partial charge in [-0.3, -0.25) is 19.6 Å². The summed E-state index contributed by atoms with van der Waals surface area (Å²) in [5.41, 5.74) is -3.59. The van der Waals surface area contributed by atoms with E-state index in [4.69, 9.17) is 10.2 Å². The van der Waals surface area contributed by atoms with Gasteiger partial charge in [-0.25, -0.2) is 9.59 Å². The zero-order valence-corrected chi connectivity index (χ0v) is 20.8. The quantitative estimate of drug-likeness (QED) is 0.205. The van der Waals surface area contributed by atoms with Crippen molar-refractivity contribution in [2.75, 3.05) is 0 Å². The summed E-state index contributed by atoms with van der Waals surface area (Å²) in [4.78, 5) is 53.6. The highest BCUT2D eigenvalue weighted by Gasteiger charge is 2.32. The third-order valence-corrected chi connectivity index (χ3v) is 5.43. The Hall–Kier alpha value is -5.40. The lowest BCUT2D eigenvalue weighted by atomic mass is 10.0. The predicted molar refractivity (Wildman–Crippen MR) is 132 cm³/mol. The van der Waals surface area contributed by atoms with Gasteiger partial charge in [-0.05, 0) is 48.5 Å². The number of aromatic nitrogens is 2. The largest absolute Gasteiger partial charge is 0.478 e. The molecule has 216 valence electrons. The van der Waals surface area contributed by atoms with Crippen molar-refractivity contribution in [3.8, 4) is 0 Å². The van der Waals surface area contributed by atoms with E-state index in [1.54, 1.807) is 0 Å². The first kappa shape index (κ1) is 31.1. The Morgan fingerprint density at radius 3 is 1.43 bits per heavy atom. The predicted octanol–water partition coefficient (Wildman–Crippen LogP) is 6.06. The maximum atomic E-state index is 12.6. The number of carbonyl (C=O) groups excluding carboxylic acids is 2. The Morgan fingerprint density at radius 1 is 0.548 bits per heavy atom. The second-order valence-corrected chi connectivity index (χ2v) is 8.22. The summed E-state index contributed by atoms with van der Waals surface area (Å²) >= 11 is 0. The molecule has 8 nitrogen and oxygen atoms in total. The van der Waals surface area contributed by atoms with Crippen molar-refractivity contribution in [1.82, 2.24) is 9.97 Å². The van der Waals surface area contributed by atoms with Crippen LogP contribution in [-0.2, 0) is 12.4 Å². The van der Waals surface area contributed by atoms with E-state index in [0.29, 0.717) is 6.07 Å². The molecule has 0 atom stereocenters. The molecule has 0 saturated heterocycles. The van der Waals surface area contributed by atoms with Gasteiger partial charge in [0.25, 0.3) is 0 Å². The van der Waals surface area contributed by atoms with Crippen molar-refractivity contribution in [3.63, 3.8) is 0 Å². The van der Waals surface area contributed by atoms with Crippen molar-refractivity contribution in [2.45, 2.75) is 12.4 Å². The highest BCUT2D eigenvalue weighted by molar-refractivity contribution is 6.13. The Morgan fingerprint density at radius 2 is 1.00 bits per heavy atom. The molecule has 0 amide bonds. The maximum Gasteiger partial charge on any atom is 0.416 e. The normalized spacial score (nSPS) is 11.2. The number of nitrogens with zero attached hydrogens (tertiary/aromatic N) is 2. The minimum atomic E-state index is -4.59. The first-order valence-corrected chi connectivity index (χ1v) is 11.4. The molecule has 14 heteroatoms. The first-order valence-electron chi connectivity index (χ1n) is 11.4. The number of benzene rings is 2. The second-order valence-electron chi connectivity index (χ2n) is 8.22. The van der Waals surface area contributed by atoms with Crippen LogP contribution in [0.3, 0.4) is 0 Å². The average Bonchev–Trinajstić information content (AvgIpc) is 2.96. The number of ketones is 2. The number of pyridine rings is 2. The van der Waals surface area contributed by atoms with Gasteiger partial charge in [0.05, 0.1) is 22.3 Å². The van der Waals surface area contributed by atoms with E-state index in [0.717, 1.165) is 42.5 Å². The van der Waals surface area contributed by atoms with Crippen LogP contribution in [0.2, 0.25) is 0 Å². The van der Waals surface area contributed by atoms with Crippen LogP contribution in [0.4, 0.5) is 26.3 Å². The summed E-state index contributed by atoms with van der Waals surface area (Å²) in [7, 11) is 0. The molecule has 2 heterocycles. The lowest BCUT2D eigenvalue weighted by Crippen LogP contribution is -2.13. The van der Waals surface area contributed by atoms with E-state index in [1.165, 1.54) is 36.7 Å². The molecular formula is C28H16F6N2O6. The third-order valence-electron chi connectivity index (χ3n) is 5.43. The molecule has 42 heavy (non-hydrogen) atoms. The van der Waals surface area contributed by atoms with Gasteiger partial charge in [-0.1, -0.05) is 24.3 Å². The van der Waals surface area contributed by atoms with Crippen LogP contribution in [0.15, 0.2) is 85.2 Å². The number of alkyl halides is 6. The molecule has 0 radical (unpaired) electrons. The second kappa shape index (κ2) is 12.4. The monoisotopic (exact) mass is 590 g/mol. The highest BCUT2D eigenvalue weighted by atomic mass is 19.4. The summed E-state index contributed by atoms with van der Waals surface area (Å²) in [6, 6.07) is 12.3. The van der Waals surface area contributed by atoms with Crippen LogP contribution in [0.1, 0.15) is 63.9 Å². The topological polar surface area (TPSA) is 135 Å². The van der Waals surface area contributed by atoms with Crippen LogP contribution in [0.25, 0.3) is 0 Å². The number of carboxylic acid groups (broad SMARTS) is 2. The van der Waals surface area contributed by atoms with Gasteiger partial charge in [-0.15, -0.1) is 0 Å². The number of carboxylic acids is 2. The molecule has 0 aliphatic carbocycles. The smallest absolute Gasteiger partial charge is 0.416 e. The maximum absolute atomic E-state index is 12.6. The molecule has 0 fully saturated rings. The fourth-order valence-corrected chi connectivity index (χ4v) is 3.44. The summed E-state index contributed by atoms with van der Waals surface area (Å²) in [6.45, 7) is 0. The summed E-state index contributed by atoms with van der Waals surface area (Å²) in [5.74, 6) is -4.34. The molecule has 0 aliphatic heterocycles. The third kappa shape index (κ3) is 7.41. The van der Waals surface area contributed by atoms with E-state index >= 15 is 0 Å². The number of halogens is 6. The van der Waals surface area contributed by atoms with Gasteiger partial charge in [0.15, 0.2) is 0 Å². The van der Waals surface area contributed by atoms with Gasteiger partial charge in [-0.2, -0.15) is 26.3 Å². The molecule has 0 aliphatic rings. The molecule has 2 aromatic heterocycles. The van der Waals surface area contributed by atoms with Gasteiger partial charge in [0, 0.05) is 23.5 Å². The van der Waals surface area contributed by atoms with Crippen molar-refractivity contribution < 1.29 is 55.7 Å². The molecule has 0 saturated carbocycles. The number of carbonyl (C=O) groups is 4. The van der Waals surface area contributed by atoms with Gasteiger partial charge in [0.1, 0.15) is 11.4 Å². The fourth-order valence-electron chi connectivity index (χ4n) is 3.44. The average molecular weight is 590 g/mol. The van der Waals surface area contributed by atoms with E-state index in [9.17, 15) is 45.5 Å². The fraction of sp³-hybridized carbons (Fsp3) is 0.0714. The van der Waals surface area contributed by atoms with Crippen molar-refractivity contribution in [1.29, 1.82) is 0 Å². The molecule has 2 N–H and O–H groups in total. The number of hydrogen-bond acceptors (Lipinski definition) is 6. The Bertz CT molecular complexity index is 1650. The van der Waals surface area contributed by atoms with E-state index in [2.05, 4.69) is 9.97 Å². The van der Waals surface area contributed by atoms with Gasteiger partial charge >= 0.3 is 24.3 Å². The van der Waals surface area contributed by atoms with E-state index < -0.39 is 52.7 Å². The number of aromatic carboxylic acids is 2. The van der Waals surface area contributed by atoms with Crippen LogP contribution < -0.4 is 0 Å². The van der Waals surface area contributed by atoms with E-state index in [-0.39, 0.29) is 27.9 Å². The zero-order valence-electron chi connectivity index (χ0n) is 20.8. The highest BCUT2D eigenvalue weighted by Crippen LogP contribution is 2.31. The zero-order chi connectivity index (χ0) is 31.2. The Balaban J connectivity index is 0.000000230. The molecule has 0 bridgehead atoms. The van der Waals surface area contributed by atoms with Gasteiger partial charge in [0.2, 0.25) is 11.6 Å². The lowest BCUT2D eigenvalue weighted by Gasteiger charge is -2.08. The first-order chi connectivity index (χ1) is 19.6. The van der Waals surface area contributed by atoms with Crippen LogP contribution in [0.5, 0.6) is 0 Å². The summed E-state index contributed by atoms with van der Waals surface area (Å²) in [5, 5.41) is 17.9. The number of rotatable bonds is 6. The van der Waals surface area contributed by atoms with Crippen LogP contribution in [0, 0.1) is 0 Å². The Labute approximate surface area is 231 Å². The van der Waals surface area contributed by atoms with Crippen molar-refractivity contribution in [2.24, 2.45) is 0 Å². The van der Waals surface area contributed by atoms with E-state index in [1.807, 2.05) is 0 Å². The molecular weight excluding hydrogens is 574 g/mol. The minimum Gasteiger partial charge on any atom is -0.478 e. The molecule has 4 aromatic rings. The molecule has 0 unspecified atom stereocenters.